The molecule has 0 bridgehead atoms. The Labute approximate surface area is 214 Å². The molecule has 9 nitrogen and oxygen atoms in total. The number of nitrogens with zero attached hydrogens (tertiary/aromatic N) is 5. The minimum Gasteiger partial charge on any atom is -0.481 e. The van der Waals surface area contributed by atoms with Gasteiger partial charge in [0.2, 0.25) is 0 Å². The summed E-state index contributed by atoms with van der Waals surface area (Å²) in [4.78, 5) is 43.2. The van der Waals surface area contributed by atoms with Crippen LogP contribution >= 0.6 is 0 Å². The van der Waals surface area contributed by atoms with E-state index in [2.05, 4.69) is 5.10 Å². The zero-order valence-electron chi connectivity index (χ0n) is 20.9. The van der Waals surface area contributed by atoms with Crippen molar-refractivity contribution in [1.82, 2.24) is 24.1 Å². The summed E-state index contributed by atoms with van der Waals surface area (Å²) in [6.07, 6.45) is 2.87. The van der Waals surface area contributed by atoms with Gasteiger partial charge >= 0.3 is 0 Å². The van der Waals surface area contributed by atoms with Gasteiger partial charge in [-0.1, -0.05) is 36.4 Å². The van der Waals surface area contributed by atoms with Crippen LogP contribution in [0.1, 0.15) is 24.2 Å². The van der Waals surface area contributed by atoms with E-state index in [0.717, 1.165) is 0 Å². The van der Waals surface area contributed by atoms with Gasteiger partial charge in [0, 0.05) is 45.1 Å². The number of fused-ring (bicyclic) bond motifs is 1. The fourth-order valence-electron chi connectivity index (χ4n) is 4.55. The van der Waals surface area contributed by atoms with Gasteiger partial charge < -0.3 is 19.1 Å². The first-order chi connectivity index (χ1) is 18.0. The van der Waals surface area contributed by atoms with E-state index in [1.165, 1.54) is 4.68 Å². The molecule has 5 rings (SSSR count). The lowest BCUT2D eigenvalue weighted by Crippen LogP contribution is -2.53. The fourth-order valence-corrected chi connectivity index (χ4v) is 4.55. The number of pyridine rings is 1. The maximum atomic E-state index is 13.6. The monoisotopic (exact) mass is 499 g/mol. The van der Waals surface area contributed by atoms with Crippen molar-refractivity contribution in [3.05, 3.63) is 89.0 Å². The average molecular weight is 500 g/mol. The highest BCUT2D eigenvalue weighted by atomic mass is 16.5. The Bertz CT molecular complexity index is 1420. The second-order valence-corrected chi connectivity index (χ2v) is 9.01. The molecular weight excluding hydrogens is 470 g/mol. The van der Waals surface area contributed by atoms with Crippen molar-refractivity contribution in [2.75, 3.05) is 26.2 Å². The Morgan fingerprint density at radius 3 is 2.19 bits per heavy atom. The van der Waals surface area contributed by atoms with Crippen LogP contribution in [0.15, 0.2) is 77.9 Å². The number of carbonyl (C=O) groups excluding carboxylic acids is 2. The molecule has 2 amide bonds. The molecule has 1 atom stereocenters. The number of piperazine rings is 1. The number of aromatic nitrogens is 3. The molecule has 2 aromatic carbocycles. The second kappa shape index (κ2) is 10.3. The zero-order valence-corrected chi connectivity index (χ0v) is 20.9. The molecule has 3 heterocycles. The van der Waals surface area contributed by atoms with E-state index in [0.29, 0.717) is 61.0 Å². The van der Waals surface area contributed by atoms with Gasteiger partial charge in [-0.05, 0) is 38.1 Å². The summed E-state index contributed by atoms with van der Waals surface area (Å²) in [6.45, 7) is 5.87. The predicted molar refractivity (Wildman–Crippen MR) is 139 cm³/mol. The van der Waals surface area contributed by atoms with Crippen molar-refractivity contribution in [3.8, 4) is 22.7 Å². The third-order valence-corrected chi connectivity index (χ3v) is 6.60. The van der Waals surface area contributed by atoms with E-state index in [1.54, 1.807) is 41.2 Å². The fraction of sp³-hybridized carbons (Fsp3) is 0.286. The molecule has 0 aliphatic carbocycles. The maximum Gasteiger partial charge on any atom is 0.282 e. The highest BCUT2D eigenvalue weighted by molar-refractivity contribution is 6.00. The van der Waals surface area contributed by atoms with Crippen molar-refractivity contribution >= 4 is 11.8 Å². The van der Waals surface area contributed by atoms with Gasteiger partial charge in [0.1, 0.15) is 11.4 Å². The molecule has 3 aliphatic rings. The molecule has 37 heavy (non-hydrogen) atoms. The molecule has 0 aromatic heterocycles. The summed E-state index contributed by atoms with van der Waals surface area (Å²) in [5.74, 6) is 0.327. The molecule has 0 unspecified atom stereocenters. The summed E-state index contributed by atoms with van der Waals surface area (Å²) in [5, 5.41) is 4.54. The van der Waals surface area contributed by atoms with E-state index in [4.69, 9.17) is 4.74 Å². The lowest BCUT2D eigenvalue weighted by Gasteiger charge is -2.36. The van der Waals surface area contributed by atoms with Crippen molar-refractivity contribution in [1.29, 1.82) is 0 Å². The molecule has 3 aliphatic heterocycles. The summed E-state index contributed by atoms with van der Waals surface area (Å²) >= 11 is 0. The van der Waals surface area contributed by atoms with Gasteiger partial charge in [0.25, 0.3) is 17.4 Å². The number of hydrogen-bond donors (Lipinski definition) is 0. The SMILES string of the molecule is CCn1cc(C(=O)N2CCN(C(=O)[C@@H](C)Oc3ccccc3)CC2)c2nn(-c3ccccc3)c(=O)c-2c1. The van der Waals surface area contributed by atoms with Crippen molar-refractivity contribution < 1.29 is 14.3 Å². The van der Waals surface area contributed by atoms with Crippen molar-refractivity contribution in [2.45, 2.75) is 26.5 Å². The Morgan fingerprint density at radius 1 is 0.919 bits per heavy atom. The van der Waals surface area contributed by atoms with Crippen LogP contribution in [-0.4, -0.2) is 68.2 Å². The Hall–Kier alpha value is -4.40. The normalized spacial score (nSPS) is 14.5. The van der Waals surface area contributed by atoms with Gasteiger partial charge in [-0.2, -0.15) is 9.78 Å². The first kappa shape index (κ1) is 24.3. The Kier molecular flexibility index (Phi) is 6.76. The first-order valence-electron chi connectivity index (χ1n) is 12.4. The molecule has 9 heteroatoms. The molecule has 2 aromatic rings. The zero-order chi connectivity index (χ0) is 25.9. The Morgan fingerprint density at radius 2 is 1.54 bits per heavy atom. The number of benzene rings is 2. The minimum absolute atomic E-state index is 0.112. The van der Waals surface area contributed by atoms with Crippen LogP contribution in [0.5, 0.6) is 5.75 Å². The smallest absolute Gasteiger partial charge is 0.282 e. The molecule has 1 saturated heterocycles. The van der Waals surface area contributed by atoms with Crippen molar-refractivity contribution in [2.24, 2.45) is 0 Å². The number of rotatable bonds is 6. The Balaban J connectivity index is 1.33. The van der Waals surface area contributed by atoms with Gasteiger partial charge in [0.15, 0.2) is 6.10 Å². The molecule has 190 valence electrons. The largest absolute Gasteiger partial charge is 0.481 e. The van der Waals surface area contributed by atoms with Crippen LogP contribution in [0.25, 0.3) is 16.9 Å². The second-order valence-electron chi connectivity index (χ2n) is 9.01. The van der Waals surface area contributed by atoms with Crippen LogP contribution in [0.4, 0.5) is 0 Å². The van der Waals surface area contributed by atoms with E-state index in [-0.39, 0.29) is 17.4 Å². The minimum atomic E-state index is -0.626. The molecule has 0 radical (unpaired) electrons. The molecule has 1 fully saturated rings. The van der Waals surface area contributed by atoms with E-state index < -0.39 is 6.10 Å². The third-order valence-electron chi connectivity index (χ3n) is 6.60. The number of carbonyl (C=O) groups is 2. The third kappa shape index (κ3) is 4.84. The molecule has 0 N–H and O–H groups in total. The van der Waals surface area contributed by atoms with E-state index in [9.17, 15) is 14.4 Å². The molecule has 0 spiro atoms. The van der Waals surface area contributed by atoms with E-state index >= 15 is 0 Å². The maximum absolute atomic E-state index is 13.6. The highest BCUT2D eigenvalue weighted by Gasteiger charge is 2.31. The quantitative estimate of drug-likeness (QED) is 0.407. The van der Waals surface area contributed by atoms with Crippen LogP contribution < -0.4 is 10.3 Å². The standard InChI is InChI=1S/C28H29N5O4/c1-3-30-18-23(25-24(19-30)28(36)33(29-25)21-10-6-4-7-11-21)27(35)32-16-14-31(15-17-32)26(34)20(2)37-22-12-8-5-9-13-22/h4-13,18-20H,3,14-17H2,1-2H3/t20-/m1/s1. The number of ether oxygens (including phenoxy) is 1. The summed E-state index contributed by atoms with van der Waals surface area (Å²) in [6, 6.07) is 18.4. The lowest BCUT2D eigenvalue weighted by atomic mass is 10.1. The highest BCUT2D eigenvalue weighted by Crippen LogP contribution is 2.24. The van der Waals surface area contributed by atoms with Crippen LogP contribution in [0, 0.1) is 0 Å². The van der Waals surface area contributed by atoms with Crippen LogP contribution in [-0.2, 0) is 11.3 Å². The predicted octanol–water partition coefficient (Wildman–Crippen LogP) is 2.91. The van der Waals surface area contributed by atoms with Gasteiger partial charge in [-0.15, -0.1) is 0 Å². The van der Waals surface area contributed by atoms with Crippen molar-refractivity contribution in [3.63, 3.8) is 0 Å². The molecular formula is C28H29N5O4. The van der Waals surface area contributed by atoms with E-state index in [1.807, 2.05) is 60.0 Å². The number of aryl methyl sites for hydroxylation is 1. The number of amides is 2. The number of hydrogen-bond acceptors (Lipinski definition) is 5. The number of para-hydroxylation sites is 2. The molecule has 0 saturated carbocycles. The average Bonchev–Trinajstić information content (AvgIpc) is 3.29. The van der Waals surface area contributed by atoms with Gasteiger partial charge in [-0.3, -0.25) is 14.4 Å². The van der Waals surface area contributed by atoms with Crippen LogP contribution in [0.2, 0.25) is 0 Å². The summed E-state index contributed by atoms with van der Waals surface area (Å²) in [7, 11) is 0. The topological polar surface area (TPSA) is 89.7 Å². The van der Waals surface area contributed by atoms with Gasteiger partial charge in [0.05, 0.1) is 16.8 Å². The van der Waals surface area contributed by atoms with Gasteiger partial charge in [-0.25, -0.2) is 0 Å². The van der Waals surface area contributed by atoms with Crippen LogP contribution in [0.3, 0.4) is 0 Å². The lowest BCUT2D eigenvalue weighted by molar-refractivity contribution is -0.139. The first-order valence-corrected chi connectivity index (χ1v) is 12.4. The summed E-state index contributed by atoms with van der Waals surface area (Å²) in [5.41, 5.74) is 1.54. The summed E-state index contributed by atoms with van der Waals surface area (Å²) < 4.78 is 8.95.